The fourth-order valence-corrected chi connectivity index (χ4v) is 2.68. The van der Waals surface area contributed by atoms with Gasteiger partial charge in [-0.05, 0) is 42.3 Å². The molecular formula is C19H17Cl2NO4. The zero-order valence-corrected chi connectivity index (χ0v) is 15.3. The monoisotopic (exact) mass is 393 g/mol. The van der Waals surface area contributed by atoms with Crippen molar-refractivity contribution in [2.75, 3.05) is 0 Å². The van der Waals surface area contributed by atoms with Crippen LogP contribution < -0.4 is 5.32 Å². The third kappa shape index (κ3) is 5.33. The molecule has 0 aromatic heterocycles. The molecule has 3 N–H and O–H groups in total. The maximum absolute atomic E-state index is 12.2. The first kappa shape index (κ1) is 20.0. The number of hydrogen-bond donors (Lipinski definition) is 3. The molecule has 0 aliphatic rings. The Kier molecular flexibility index (Phi) is 6.80. The molecule has 0 aliphatic carbocycles. The number of carbonyl (C=O) groups excluding carboxylic acids is 1. The van der Waals surface area contributed by atoms with E-state index in [2.05, 4.69) is 5.32 Å². The van der Waals surface area contributed by atoms with Crippen molar-refractivity contribution < 1.29 is 19.8 Å². The van der Waals surface area contributed by atoms with Crippen LogP contribution in [0.4, 0.5) is 0 Å². The van der Waals surface area contributed by atoms with Crippen LogP contribution in [0.3, 0.4) is 0 Å². The van der Waals surface area contributed by atoms with Gasteiger partial charge in [0.2, 0.25) is 5.91 Å². The predicted octanol–water partition coefficient (Wildman–Crippen LogP) is 3.92. The standard InChI is InChI=1S/C19H17Cl2NO4/c1-11(19(25)26)9-16(23)22-17(12-5-7-14(20)8-6-12)18(24)13-3-2-4-15(21)10-13/h2-10,17-18,24H,1H3,(H,22,23)(H,25,26)/b11-9+/t17-,18-/m1/s1. The second-order valence-electron chi connectivity index (χ2n) is 5.67. The lowest BCUT2D eigenvalue weighted by Crippen LogP contribution is -2.32. The molecule has 26 heavy (non-hydrogen) atoms. The van der Waals surface area contributed by atoms with Crippen molar-refractivity contribution in [2.45, 2.75) is 19.1 Å². The molecule has 0 aliphatic heterocycles. The van der Waals surface area contributed by atoms with Gasteiger partial charge in [0.05, 0.1) is 6.04 Å². The van der Waals surface area contributed by atoms with Crippen molar-refractivity contribution in [3.8, 4) is 0 Å². The first-order chi connectivity index (χ1) is 12.3. The SMILES string of the molecule is C/C(=C\C(=O)N[C@H](c1ccc(Cl)cc1)[C@H](O)c1cccc(Cl)c1)C(=O)O. The lowest BCUT2D eigenvalue weighted by Gasteiger charge is -2.25. The highest BCUT2D eigenvalue weighted by Crippen LogP contribution is 2.30. The molecule has 0 heterocycles. The molecule has 0 bridgehead atoms. The largest absolute Gasteiger partial charge is 0.478 e. The summed E-state index contributed by atoms with van der Waals surface area (Å²) < 4.78 is 0. The summed E-state index contributed by atoms with van der Waals surface area (Å²) in [6, 6.07) is 12.4. The van der Waals surface area contributed by atoms with Gasteiger partial charge in [-0.25, -0.2) is 4.79 Å². The summed E-state index contributed by atoms with van der Waals surface area (Å²) >= 11 is 11.9. The molecule has 2 rings (SSSR count). The average molecular weight is 394 g/mol. The van der Waals surface area contributed by atoms with Crippen molar-refractivity contribution in [3.63, 3.8) is 0 Å². The fourth-order valence-electron chi connectivity index (χ4n) is 2.35. The molecule has 1 amide bonds. The van der Waals surface area contributed by atoms with E-state index in [0.717, 1.165) is 6.08 Å². The number of rotatable bonds is 6. The van der Waals surface area contributed by atoms with Crippen molar-refractivity contribution in [3.05, 3.63) is 81.4 Å². The van der Waals surface area contributed by atoms with Gasteiger partial charge in [0, 0.05) is 21.7 Å². The summed E-state index contributed by atoms with van der Waals surface area (Å²) in [4.78, 5) is 23.1. The molecule has 2 atom stereocenters. The van der Waals surface area contributed by atoms with Crippen LogP contribution in [0.15, 0.2) is 60.2 Å². The quantitative estimate of drug-likeness (QED) is 0.649. The van der Waals surface area contributed by atoms with Gasteiger partial charge in [0.15, 0.2) is 0 Å². The highest BCUT2D eigenvalue weighted by Gasteiger charge is 2.24. The predicted molar refractivity (Wildman–Crippen MR) is 100 cm³/mol. The lowest BCUT2D eigenvalue weighted by atomic mass is 9.95. The van der Waals surface area contributed by atoms with Crippen LogP contribution in [0, 0.1) is 0 Å². The van der Waals surface area contributed by atoms with Gasteiger partial charge >= 0.3 is 5.97 Å². The van der Waals surface area contributed by atoms with Crippen molar-refractivity contribution in [2.24, 2.45) is 0 Å². The number of carboxylic acid groups (broad SMARTS) is 1. The lowest BCUT2D eigenvalue weighted by molar-refractivity contribution is -0.133. The van der Waals surface area contributed by atoms with Gasteiger partial charge in [-0.15, -0.1) is 0 Å². The zero-order valence-electron chi connectivity index (χ0n) is 13.8. The number of carbonyl (C=O) groups is 2. The minimum Gasteiger partial charge on any atom is -0.478 e. The van der Waals surface area contributed by atoms with Crippen LogP contribution in [0.1, 0.15) is 30.2 Å². The maximum Gasteiger partial charge on any atom is 0.331 e. The summed E-state index contributed by atoms with van der Waals surface area (Å²) in [7, 11) is 0. The molecule has 5 nitrogen and oxygen atoms in total. The van der Waals surface area contributed by atoms with Gasteiger partial charge in [-0.1, -0.05) is 47.5 Å². The molecule has 0 unspecified atom stereocenters. The molecule has 7 heteroatoms. The van der Waals surface area contributed by atoms with Crippen molar-refractivity contribution >= 4 is 35.1 Å². The maximum atomic E-state index is 12.2. The summed E-state index contributed by atoms with van der Waals surface area (Å²) in [6.07, 6.45) is -0.131. The number of nitrogens with one attached hydrogen (secondary N) is 1. The molecule has 0 saturated heterocycles. The molecular weight excluding hydrogens is 377 g/mol. The Morgan fingerprint density at radius 2 is 1.69 bits per heavy atom. The Balaban J connectivity index is 2.36. The summed E-state index contributed by atoms with van der Waals surface area (Å²) in [5.74, 6) is -1.83. The number of amides is 1. The summed E-state index contributed by atoms with van der Waals surface area (Å²) in [5.41, 5.74) is 1.00. The molecule has 2 aromatic rings. The van der Waals surface area contributed by atoms with Gasteiger partial charge in [-0.3, -0.25) is 4.79 Å². The Bertz CT molecular complexity index is 834. The van der Waals surface area contributed by atoms with E-state index in [-0.39, 0.29) is 5.57 Å². The topological polar surface area (TPSA) is 86.6 Å². The summed E-state index contributed by atoms with van der Waals surface area (Å²) in [5, 5.41) is 23.3. The molecule has 0 fully saturated rings. The van der Waals surface area contributed by atoms with E-state index < -0.39 is 24.0 Å². The molecule has 2 aromatic carbocycles. The van der Waals surface area contributed by atoms with Gasteiger partial charge in [0.25, 0.3) is 0 Å². The zero-order chi connectivity index (χ0) is 19.3. The number of aliphatic hydroxyl groups excluding tert-OH is 1. The third-order valence-electron chi connectivity index (χ3n) is 3.72. The van der Waals surface area contributed by atoms with Crippen LogP contribution >= 0.6 is 23.2 Å². The van der Waals surface area contributed by atoms with E-state index >= 15 is 0 Å². The minimum absolute atomic E-state index is 0.116. The van der Waals surface area contributed by atoms with Gasteiger partial charge < -0.3 is 15.5 Å². The average Bonchev–Trinajstić information content (AvgIpc) is 2.60. The minimum atomic E-state index is -1.20. The highest BCUT2D eigenvalue weighted by molar-refractivity contribution is 6.30. The number of carboxylic acids is 1. The van der Waals surface area contributed by atoms with Crippen molar-refractivity contribution in [1.29, 1.82) is 0 Å². The normalized spacial score (nSPS) is 13.8. The van der Waals surface area contributed by atoms with Gasteiger partial charge in [0.1, 0.15) is 6.10 Å². The molecule has 0 radical (unpaired) electrons. The first-order valence-electron chi connectivity index (χ1n) is 7.69. The van der Waals surface area contributed by atoms with Crippen LogP contribution in [0.2, 0.25) is 10.0 Å². The smallest absolute Gasteiger partial charge is 0.331 e. The number of halogens is 2. The summed E-state index contributed by atoms with van der Waals surface area (Å²) in [6.45, 7) is 1.31. The Hall–Kier alpha value is -2.34. The van der Waals surface area contributed by atoms with E-state index in [1.807, 2.05) is 0 Å². The van der Waals surface area contributed by atoms with Crippen LogP contribution in [0.25, 0.3) is 0 Å². The molecule has 0 saturated carbocycles. The highest BCUT2D eigenvalue weighted by atomic mass is 35.5. The van der Waals surface area contributed by atoms with E-state index in [0.29, 0.717) is 21.2 Å². The Morgan fingerprint density at radius 3 is 2.27 bits per heavy atom. The van der Waals surface area contributed by atoms with Crippen molar-refractivity contribution in [1.82, 2.24) is 5.32 Å². The number of hydrogen-bond acceptors (Lipinski definition) is 3. The van der Waals surface area contributed by atoms with E-state index in [9.17, 15) is 14.7 Å². The van der Waals surface area contributed by atoms with Crippen LogP contribution in [-0.2, 0) is 9.59 Å². The number of aliphatic hydroxyl groups is 1. The molecule has 0 spiro atoms. The van der Waals surface area contributed by atoms with Crippen LogP contribution in [-0.4, -0.2) is 22.1 Å². The Labute approximate surface area is 160 Å². The second kappa shape index (κ2) is 8.85. The third-order valence-corrected chi connectivity index (χ3v) is 4.20. The molecule has 136 valence electrons. The number of aliphatic carboxylic acids is 1. The van der Waals surface area contributed by atoms with Gasteiger partial charge in [-0.2, -0.15) is 0 Å². The fraction of sp³-hybridized carbons (Fsp3) is 0.158. The van der Waals surface area contributed by atoms with E-state index in [1.165, 1.54) is 6.92 Å². The van der Waals surface area contributed by atoms with E-state index in [1.54, 1.807) is 48.5 Å². The number of benzene rings is 2. The van der Waals surface area contributed by atoms with E-state index in [4.69, 9.17) is 28.3 Å². The first-order valence-corrected chi connectivity index (χ1v) is 8.44. The Morgan fingerprint density at radius 1 is 1.04 bits per heavy atom. The second-order valence-corrected chi connectivity index (χ2v) is 6.54. The van der Waals surface area contributed by atoms with Crippen LogP contribution in [0.5, 0.6) is 0 Å².